The first-order chi connectivity index (χ1) is 62.9. The lowest BCUT2D eigenvalue weighted by Crippen LogP contribution is -2.68. The van der Waals surface area contributed by atoms with E-state index in [1.807, 2.05) is 0 Å². The average Bonchev–Trinajstić information content (AvgIpc) is 1.69. The van der Waals surface area contributed by atoms with Gasteiger partial charge in [-0.25, -0.2) is 0 Å². The quantitative estimate of drug-likeness (QED) is 0.0297. The molecule has 1 heterocycles. The zero-order valence-corrected chi connectivity index (χ0v) is 83.7. The van der Waals surface area contributed by atoms with E-state index in [1.165, 1.54) is 136 Å². The van der Waals surface area contributed by atoms with Gasteiger partial charge in [-0.05, 0) is 199 Å². The van der Waals surface area contributed by atoms with Gasteiger partial charge in [0.15, 0.2) is 0 Å². The fraction of sp³-hybridized carbons (Fsp3) is 0.692. The topological polar surface area (TPSA) is 708 Å². The summed E-state index contributed by atoms with van der Waals surface area (Å²) in [6.07, 6.45) is -2.23. The van der Waals surface area contributed by atoms with Crippen LogP contribution in [0.15, 0.2) is 30.3 Å². The number of aliphatic hydroxyl groups excluding tert-OH is 2. The van der Waals surface area contributed by atoms with Crippen molar-refractivity contribution in [3.63, 3.8) is 0 Å². The van der Waals surface area contributed by atoms with Crippen molar-refractivity contribution < 1.29 is 121 Å². The van der Waals surface area contributed by atoms with Crippen LogP contribution >= 0.6 is 0 Å². The van der Waals surface area contributed by atoms with Gasteiger partial charge in [0.05, 0.1) is 19.3 Å². The highest BCUT2D eigenvalue weighted by Gasteiger charge is 2.49. The lowest BCUT2D eigenvalue weighted by molar-refractivity contribution is -0.146. The number of nitrogens with two attached hydrogens (primary N) is 2. The molecule has 770 valence electrons. The molecule has 1 aliphatic rings. The standard InChI is InChI=1S/C91H151N21O25/c1-26-49(7)65(75(129)98-56(37-40-64(118)119)69(123)97-55(35-38-62(92)116)68(122)96-54(45-113)44-53-32-29-28-30-33-53)103-78(132)85(13,14)107-72(126)59(43-48(5)6)100-74(128)61-34-31-41-112(61)83(137)90(23,24)108-73(127)58(42-47(3)4)99-70(124)60(46-114)102-77(131)86(15,16)109-80(134)89(21,22)110-79(133)87(17,18)106-71(125)57(36-39-63(93)117)101-82(136)91(25,27-2)111-81(135)88(19,20)105-67(121)51(9)94-66(120)50(8)95-76(130)84(11,12)104-52(10)115/h28-30,32-33,47-51,54-61,65,113-114H,26-27,31,34-46H2,1-25H3,(H2,92,116)(H2,93,117)(H,94,120)(H,95,130)(H,96,122)(H,97,123)(H,98,129)(H,99,124)(H,100,128)(H,101,136)(H,102,131)(H,103,132)(H,104,115)(H,105,121)(H,106,125)(H,107,126)(H,108,127)(H,109,134)(H,110,133)(H,111,135)(H,118,119)/t49-,50-,51-,54-,55-,56-,57-,58-,59-,60-,61-,65-,91?/m0/s1. The van der Waals surface area contributed by atoms with Crippen LogP contribution in [0.4, 0.5) is 0 Å². The van der Waals surface area contributed by atoms with Gasteiger partial charge in [-0.3, -0.25) is 105 Å². The summed E-state index contributed by atoms with van der Waals surface area (Å²) in [5.41, 5.74) is -2.96. The molecule has 137 heavy (non-hydrogen) atoms. The number of nitrogens with zero attached hydrogens (tertiary/aromatic N) is 1. The zero-order valence-electron chi connectivity index (χ0n) is 83.7. The van der Waals surface area contributed by atoms with Crippen molar-refractivity contribution in [1.82, 2.24) is 101 Å². The third-order valence-corrected chi connectivity index (χ3v) is 23.0. The molecule has 0 aromatic heterocycles. The Labute approximate surface area is 800 Å². The Bertz CT molecular complexity index is 4530. The van der Waals surface area contributed by atoms with Crippen molar-refractivity contribution in [3.05, 3.63) is 35.9 Å². The first-order valence-corrected chi connectivity index (χ1v) is 45.9. The molecule has 0 radical (unpaired) electrons. The van der Waals surface area contributed by atoms with E-state index in [-0.39, 0.29) is 69.7 Å². The van der Waals surface area contributed by atoms with Crippen molar-refractivity contribution in [2.24, 2.45) is 29.2 Å². The number of benzene rings is 1. The molecule has 1 saturated heterocycles. The van der Waals surface area contributed by atoms with Gasteiger partial charge >= 0.3 is 5.97 Å². The van der Waals surface area contributed by atoms with Gasteiger partial charge in [-0.2, -0.15) is 0 Å². The van der Waals surface area contributed by atoms with Gasteiger partial charge < -0.3 is 127 Å². The van der Waals surface area contributed by atoms with Crippen LogP contribution in [0.1, 0.15) is 256 Å². The number of aliphatic hydroxyl groups is 2. The largest absolute Gasteiger partial charge is 0.481 e. The maximum atomic E-state index is 14.7. The molecule has 0 bridgehead atoms. The molecule has 1 aromatic rings. The molecule has 1 fully saturated rings. The van der Waals surface area contributed by atoms with Crippen molar-refractivity contribution in [3.8, 4) is 0 Å². The van der Waals surface area contributed by atoms with Crippen LogP contribution in [-0.4, -0.2) is 281 Å². The third-order valence-electron chi connectivity index (χ3n) is 23.0. The number of carboxylic acid groups (broad SMARTS) is 1. The van der Waals surface area contributed by atoms with Gasteiger partial charge in [-0.1, -0.05) is 85.2 Å². The summed E-state index contributed by atoms with van der Waals surface area (Å²) >= 11 is 0. The number of carbonyl (C=O) groups excluding carboxylic acids is 21. The Morgan fingerprint density at radius 2 is 0.781 bits per heavy atom. The molecule has 0 aliphatic carbocycles. The minimum Gasteiger partial charge on any atom is -0.481 e. The van der Waals surface area contributed by atoms with E-state index in [9.17, 15) is 121 Å². The van der Waals surface area contributed by atoms with E-state index in [0.717, 1.165) is 5.56 Å². The van der Waals surface area contributed by atoms with Crippen LogP contribution in [0.2, 0.25) is 0 Å². The third kappa shape index (κ3) is 38.5. The number of nitrogens with one attached hydrogen (secondary N) is 18. The van der Waals surface area contributed by atoms with Gasteiger partial charge in [-0.15, -0.1) is 0 Å². The molecule has 25 N–H and O–H groups in total. The second-order valence-electron chi connectivity index (χ2n) is 39.7. The second-order valence-corrected chi connectivity index (χ2v) is 39.7. The molecule has 1 aromatic carbocycles. The zero-order chi connectivity index (χ0) is 106. The van der Waals surface area contributed by atoms with Crippen molar-refractivity contribution in [2.75, 3.05) is 19.8 Å². The summed E-state index contributed by atoms with van der Waals surface area (Å²) in [7, 11) is 0. The number of aliphatic carboxylic acids is 1. The molecular weight excluding hydrogens is 1790 g/mol. The number of carboxylic acids is 1. The highest BCUT2D eigenvalue weighted by molar-refractivity contribution is 6.05. The van der Waals surface area contributed by atoms with E-state index in [1.54, 1.807) is 71.9 Å². The molecule has 0 saturated carbocycles. The number of hydrogen-bond donors (Lipinski definition) is 23. The fourth-order valence-corrected chi connectivity index (χ4v) is 13.9. The molecule has 46 heteroatoms. The number of carbonyl (C=O) groups is 22. The first kappa shape index (κ1) is 121. The minimum atomic E-state index is -1.97. The highest BCUT2D eigenvalue weighted by Crippen LogP contribution is 2.25. The predicted molar refractivity (Wildman–Crippen MR) is 500 cm³/mol. The van der Waals surface area contributed by atoms with E-state index in [4.69, 9.17) is 11.5 Å². The first-order valence-electron chi connectivity index (χ1n) is 45.9. The highest BCUT2D eigenvalue weighted by atomic mass is 16.4. The maximum absolute atomic E-state index is 14.7. The summed E-state index contributed by atoms with van der Waals surface area (Å²) < 4.78 is 0. The van der Waals surface area contributed by atoms with Crippen LogP contribution in [-0.2, 0) is 112 Å². The Morgan fingerprint density at radius 1 is 0.394 bits per heavy atom. The smallest absolute Gasteiger partial charge is 0.303 e. The predicted octanol–water partition coefficient (Wildman–Crippen LogP) is -3.80. The van der Waals surface area contributed by atoms with Gasteiger partial charge in [0.1, 0.15) is 105 Å². The Kier molecular flexibility index (Phi) is 45.9. The van der Waals surface area contributed by atoms with Crippen LogP contribution in [0.25, 0.3) is 0 Å². The molecule has 13 atom stereocenters. The molecule has 2 rings (SSSR count). The number of likely N-dealkylation sites (tertiary alicyclic amines) is 1. The van der Waals surface area contributed by atoms with Gasteiger partial charge in [0.2, 0.25) is 124 Å². The lowest BCUT2D eigenvalue weighted by Gasteiger charge is -2.36. The van der Waals surface area contributed by atoms with E-state index in [2.05, 4.69) is 95.7 Å². The number of primary amides is 2. The molecule has 21 amide bonds. The Morgan fingerprint density at radius 3 is 1.25 bits per heavy atom. The minimum absolute atomic E-state index is 0.000220. The Balaban J connectivity index is 2.27. The van der Waals surface area contributed by atoms with E-state index < -0.39 is 292 Å². The van der Waals surface area contributed by atoms with Crippen LogP contribution in [0.5, 0.6) is 0 Å². The fourth-order valence-electron chi connectivity index (χ4n) is 13.9. The number of hydrogen-bond acceptors (Lipinski definition) is 24. The molecule has 1 unspecified atom stereocenters. The normalized spacial score (nSPS) is 15.9. The van der Waals surface area contributed by atoms with Crippen molar-refractivity contribution >= 4 is 130 Å². The number of amides is 21. The summed E-state index contributed by atoms with van der Waals surface area (Å²) in [5.74, 6) is -21.4. The number of rotatable bonds is 56. The average molecular weight is 1940 g/mol. The Hall–Kier alpha value is -12.5. The van der Waals surface area contributed by atoms with Crippen LogP contribution in [0.3, 0.4) is 0 Å². The van der Waals surface area contributed by atoms with Gasteiger partial charge in [0, 0.05) is 32.7 Å². The van der Waals surface area contributed by atoms with Gasteiger partial charge in [0.25, 0.3) is 0 Å². The summed E-state index contributed by atoms with van der Waals surface area (Å²) in [6, 6.07) is -6.53. The molecule has 1 aliphatic heterocycles. The van der Waals surface area contributed by atoms with Crippen molar-refractivity contribution in [1.29, 1.82) is 0 Å². The second kappa shape index (κ2) is 52.1. The summed E-state index contributed by atoms with van der Waals surface area (Å²) in [5, 5.41) is 76.0. The van der Waals surface area contributed by atoms with Crippen molar-refractivity contribution in [2.45, 2.75) is 367 Å². The molecule has 46 nitrogen and oxygen atoms in total. The van der Waals surface area contributed by atoms with E-state index in [0.29, 0.717) is 0 Å². The monoisotopic (exact) mass is 1940 g/mol. The SMILES string of the molecule is CC[C@H](C)[C@H](NC(=O)C(C)(C)NC(=O)[C@H](CC(C)C)NC(=O)[C@@H]1CCCN1C(=O)C(C)(C)NC(=O)[C@H](CC(C)C)NC(=O)[C@H](CO)NC(=O)C(C)(C)NC(=O)C(C)(C)NC(=O)C(C)(C)NC(=O)[C@H](CCC(N)=O)NC(=O)C(C)(CC)NC(=O)C(C)(C)NC(=O)[C@H](C)NC(=O)[C@H](C)NC(=O)C(C)(C)NC(C)=O)C(=O)N[C@@H](CCC(=O)O)C(=O)N[C@@H](CCC(N)=O)C(=O)N[C@H](CO)Cc1ccccc1. The molecule has 0 spiro atoms. The van der Waals surface area contributed by atoms with E-state index >= 15 is 0 Å². The maximum Gasteiger partial charge on any atom is 0.303 e. The summed E-state index contributed by atoms with van der Waals surface area (Å²) in [6.45, 7) is 33.5. The van der Waals surface area contributed by atoms with Crippen LogP contribution in [0, 0.1) is 17.8 Å². The molecular formula is C91H151N21O25. The van der Waals surface area contributed by atoms with Crippen LogP contribution < -0.4 is 107 Å². The summed E-state index contributed by atoms with van der Waals surface area (Å²) in [4.78, 5) is 302. The lowest BCUT2D eigenvalue weighted by atomic mass is 9.93.